The molecule has 92 valence electrons. The lowest BCUT2D eigenvalue weighted by Gasteiger charge is -2.20. The fraction of sp³-hybridized carbons (Fsp3) is 0.846. The van der Waals surface area contributed by atoms with Gasteiger partial charge in [0.1, 0.15) is 0 Å². The fourth-order valence-corrected chi connectivity index (χ4v) is 1.28. The maximum Gasteiger partial charge on any atom is 0.0172 e. The second-order valence-electron chi connectivity index (χ2n) is 4.33. The summed E-state index contributed by atoms with van der Waals surface area (Å²) in [4.78, 5) is 2.47. The zero-order valence-electron chi connectivity index (χ0n) is 10.8. The first-order valence-corrected chi connectivity index (χ1v) is 6.13. The maximum atomic E-state index is 2.47. The number of nitrogens with zero attached hydrogens (tertiary/aromatic N) is 1. The molecule has 0 aromatic carbocycles. The van der Waals surface area contributed by atoms with Gasteiger partial charge in [-0.2, -0.15) is 0 Å². The van der Waals surface area contributed by atoms with Gasteiger partial charge in [-0.05, 0) is 25.0 Å². The minimum absolute atomic E-state index is 0. The third-order valence-electron chi connectivity index (χ3n) is 2.28. The van der Waals surface area contributed by atoms with Crippen molar-refractivity contribution in [3.8, 4) is 0 Å². The quantitative estimate of drug-likeness (QED) is 0.598. The smallest absolute Gasteiger partial charge is 0.0172 e. The summed E-state index contributed by atoms with van der Waals surface area (Å²) < 4.78 is 0. The van der Waals surface area contributed by atoms with Crippen LogP contribution in [0, 0.1) is 5.92 Å². The molecular weight excluding hydrogens is 206 g/mol. The summed E-state index contributed by atoms with van der Waals surface area (Å²) in [6.07, 6.45) is 9.79. The van der Waals surface area contributed by atoms with Crippen molar-refractivity contribution in [1.29, 1.82) is 0 Å². The highest BCUT2D eigenvalue weighted by atomic mass is 35.5. The van der Waals surface area contributed by atoms with Crippen molar-refractivity contribution < 1.29 is 0 Å². The van der Waals surface area contributed by atoms with Gasteiger partial charge >= 0.3 is 0 Å². The highest BCUT2D eigenvalue weighted by Crippen LogP contribution is 2.02. The van der Waals surface area contributed by atoms with Crippen molar-refractivity contribution in [2.45, 2.75) is 53.4 Å². The number of hydrogen-bond acceptors (Lipinski definition) is 1. The standard InChI is InChI=1S/C13H27N.ClH/c1-5-7-10-14(11-8-6-2)12-9-13(3)4;/h9,12-13H,5-8,10-11H2,1-4H3;1H/b12-9+;. The van der Waals surface area contributed by atoms with Crippen molar-refractivity contribution in [1.82, 2.24) is 4.90 Å². The van der Waals surface area contributed by atoms with Gasteiger partial charge in [-0.25, -0.2) is 0 Å². The van der Waals surface area contributed by atoms with Gasteiger partial charge in [0.25, 0.3) is 0 Å². The maximum absolute atomic E-state index is 2.47. The molecule has 0 radical (unpaired) electrons. The number of allylic oxidation sites excluding steroid dienone is 1. The SMILES string of the molecule is CCCCN(/C=C/C(C)C)CCCC.Cl. The number of halogens is 1. The molecule has 0 saturated carbocycles. The minimum atomic E-state index is 0. The molecule has 0 saturated heterocycles. The molecule has 0 fully saturated rings. The van der Waals surface area contributed by atoms with E-state index in [0.29, 0.717) is 5.92 Å². The van der Waals surface area contributed by atoms with Gasteiger partial charge in [-0.3, -0.25) is 0 Å². The first-order valence-electron chi connectivity index (χ1n) is 6.13. The summed E-state index contributed by atoms with van der Waals surface area (Å²) in [5.74, 6) is 0.667. The predicted octanol–water partition coefficient (Wildman–Crippen LogP) is 4.48. The van der Waals surface area contributed by atoms with Gasteiger partial charge in [-0.1, -0.05) is 46.6 Å². The van der Waals surface area contributed by atoms with E-state index in [1.54, 1.807) is 0 Å². The van der Waals surface area contributed by atoms with Gasteiger partial charge < -0.3 is 4.90 Å². The Morgan fingerprint density at radius 1 is 1.00 bits per heavy atom. The van der Waals surface area contributed by atoms with Gasteiger partial charge in [0.05, 0.1) is 0 Å². The Labute approximate surface area is 102 Å². The average Bonchev–Trinajstić information content (AvgIpc) is 2.16. The molecule has 0 atom stereocenters. The van der Waals surface area contributed by atoms with Gasteiger partial charge in [0.2, 0.25) is 0 Å². The van der Waals surface area contributed by atoms with E-state index >= 15 is 0 Å². The summed E-state index contributed by atoms with van der Waals surface area (Å²) >= 11 is 0. The molecular formula is C13H28ClN. The van der Waals surface area contributed by atoms with Crippen LogP contribution in [0.2, 0.25) is 0 Å². The zero-order valence-corrected chi connectivity index (χ0v) is 11.6. The van der Waals surface area contributed by atoms with Crippen LogP contribution in [0.1, 0.15) is 53.4 Å². The Bertz CT molecular complexity index is 135. The lowest BCUT2D eigenvalue weighted by molar-refractivity contribution is 0.358. The van der Waals surface area contributed by atoms with Crippen molar-refractivity contribution in [2.75, 3.05) is 13.1 Å². The van der Waals surface area contributed by atoms with Gasteiger partial charge in [0.15, 0.2) is 0 Å². The van der Waals surface area contributed by atoms with Crippen LogP contribution in [-0.2, 0) is 0 Å². The molecule has 1 nitrogen and oxygen atoms in total. The summed E-state index contributed by atoms with van der Waals surface area (Å²) in [5, 5.41) is 0. The fourth-order valence-electron chi connectivity index (χ4n) is 1.28. The number of hydrogen-bond donors (Lipinski definition) is 0. The van der Waals surface area contributed by atoms with Crippen LogP contribution in [-0.4, -0.2) is 18.0 Å². The molecule has 15 heavy (non-hydrogen) atoms. The molecule has 0 N–H and O–H groups in total. The van der Waals surface area contributed by atoms with E-state index < -0.39 is 0 Å². The van der Waals surface area contributed by atoms with E-state index in [0.717, 1.165) is 0 Å². The molecule has 0 heterocycles. The van der Waals surface area contributed by atoms with E-state index in [1.165, 1.54) is 38.8 Å². The molecule has 0 unspecified atom stereocenters. The molecule has 0 bridgehead atoms. The van der Waals surface area contributed by atoms with E-state index in [9.17, 15) is 0 Å². The molecule has 0 aliphatic rings. The topological polar surface area (TPSA) is 3.24 Å². The van der Waals surface area contributed by atoms with E-state index in [2.05, 4.69) is 44.9 Å². The van der Waals surface area contributed by atoms with Crippen LogP contribution in [0.3, 0.4) is 0 Å². The van der Waals surface area contributed by atoms with Crippen LogP contribution in [0.25, 0.3) is 0 Å². The summed E-state index contributed by atoms with van der Waals surface area (Å²) in [6, 6.07) is 0. The van der Waals surface area contributed by atoms with Gasteiger partial charge in [-0.15, -0.1) is 12.4 Å². The second kappa shape index (κ2) is 11.9. The summed E-state index contributed by atoms with van der Waals surface area (Å²) in [7, 11) is 0. The van der Waals surface area contributed by atoms with Crippen LogP contribution >= 0.6 is 12.4 Å². The molecule has 2 heteroatoms. The third kappa shape index (κ3) is 11.8. The van der Waals surface area contributed by atoms with E-state index in [4.69, 9.17) is 0 Å². The summed E-state index contributed by atoms with van der Waals surface area (Å²) in [6.45, 7) is 11.4. The first kappa shape index (κ1) is 17.2. The van der Waals surface area contributed by atoms with Crippen LogP contribution < -0.4 is 0 Å². The lowest BCUT2D eigenvalue weighted by atomic mass is 10.2. The monoisotopic (exact) mass is 233 g/mol. The number of unbranched alkanes of at least 4 members (excludes halogenated alkanes) is 2. The Kier molecular flexibility index (Phi) is 13.7. The van der Waals surface area contributed by atoms with Crippen LogP contribution in [0.5, 0.6) is 0 Å². The van der Waals surface area contributed by atoms with E-state index in [-0.39, 0.29) is 12.4 Å². The molecule has 0 aliphatic carbocycles. The molecule has 0 amide bonds. The van der Waals surface area contributed by atoms with E-state index in [1.807, 2.05) is 0 Å². The Balaban J connectivity index is 0. The second-order valence-corrected chi connectivity index (χ2v) is 4.33. The first-order chi connectivity index (χ1) is 6.70. The summed E-state index contributed by atoms with van der Waals surface area (Å²) in [5.41, 5.74) is 0. The average molecular weight is 234 g/mol. The molecule has 0 aromatic heterocycles. The van der Waals surface area contributed by atoms with Gasteiger partial charge in [0, 0.05) is 13.1 Å². The van der Waals surface area contributed by atoms with Crippen molar-refractivity contribution in [3.63, 3.8) is 0 Å². The number of rotatable bonds is 8. The van der Waals surface area contributed by atoms with Crippen LogP contribution in [0.4, 0.5) is 0 Å². The largest absolute Gasteiger partial charge is 0.378 e. The zero-order chi connectivity index (χ0) is 10.8. The third-order valence-corrected chi connectivity index (χ3v) is 2.28. The minimum Gasteiger partial charge on any atom is -0.378 e. The predicted molar refractivity (Wildman–Crippen MR) is 72.6 cm³/mol. The Morgan fingerprint density at radius 2 is 1.47 bits per heavy atom. The lowest BCUT2D eigenvalue weighted by Crippen LogP contribution is -2.19. The molecule has 0 aromatic rings. The Hall–Kier alpha value is -0.170. The van der Waals surface area contributed by atoms with Crippen molar-refractivity contribution in [2.24, 2.45) is 5.92 Å². The molecule has 0 aliphatic heterocycles. The van der Waals surface area contributed by atoms with Crippen LogP contribution in [0.15, 0.2) is 12.3 Å². The Morgan fingerprint density at radius 3 is 1.80 bits per heavy atom. The van der Waals surface area contributed by atoms with Crippen molar-refractivity contribution in [3.05, 3.63) is 12.3 Å². The molecule has 0 spiro atoms. The highest BCUT2D eigenvalue weighted by Gasteiger charge is 1.97. The highest BCUT2D eigenvalue weighted by molar-refractivity contribution is 5.85. The van der Waals surface area contributed by atoms with Crippen molar-refractivity contribution >= 4 is 12.4 Å². The normalized spacial score (nSPS) is 10.7. The molecule has 0 rings (SSSR count).